The van der Waals surface area contributed by atoms with Crippen LogP contribution in [0.2, 0.25) is 0 Å². The van der Waals surface area contributed by atoms with E-state index in [1.807, 2.05) is 42.5 Å². The number of primary amides is 1. The number of nitrogens with two attached hydrogens (primary N) is 2. The Labute approximate surface area is 134 Å². The summed E-state index contributed by atoms with van der Waals surface area (Å²) in [6, 6.07) is 18.0. The van der Waals surface area contributed by atoms with Crippen molar-refractivity contribution < 1.29 is 14.6 Å². The molecular formula is C18H18N2O3. The Morgan fingerprint density at radius 1 is 1.00 bits per heavy atom. The van der Waals surface area contributed by atoms with Crippen LogP contribution in [-0.2, 0) is 0 Å². The van der Waals surface area contributed by atoms with Crippen molar-refractivity contribution >= 4 is 22.4 Å². The van der Waals surface area contributed by atoms with Gasteiger partial charge in [0.05, 0.1) is 18.4 Å². The summed E-state index contributed by atoms with van der Waals surface area (Å²) in [6.45, 7) is 0. The molecule has 1 amide bonds. The summed E-state index contributed by atoms with van der Waals surface area (Å²) in [5.41, 5.74) is 11.4. The first-order valence-corrected chi connectivity index (χ1v) is 6.93. The van der Waals surface area contributed by atoms with Crippen molar-refractivity contribution in [2.24, 2.45) is 5.73 Å². The number of phenols is 1. The lowest BCUT2D eigenvalue weighted by Crippen LogP contribution is -2.10. The van der Waals surface area contributed by atoms with Crippen LogP contribution in [0.15, 0.2) is 60.7 Å². The van der Waals surface area contributed by atoms with Crippen LogP contribution in [0.3, 0.4) is 0 Å². The van der Waals surface area contributed by atoms with E-state index < -0.39 is 5.91 Å². The van der Waals surface area contributed by atoms with Crippen molar-refractivity contribution in [3.05, 3.63) is 66.2 Å². The molecule has 0 aromatic heterocycles. The first kappa shape index (κ1) is 16.2. The molecule has 5 N–H and O–H groups in total. The number of anilines is 1. The van der Waals surface area contributed by atoms with Gasteiger partial charge in [0, 0.05) is 0 Å². The van der Waals surface area contributed by atoms with Gasteiger partial charge in [0.15, 0.2) is 0 Å². The molecular weight excluding hydrogens is 292 g/mol. The molecule has 0 fully saturated rings. The van der Waals surface area contributed by atoms with Gasteiger partial charge < -0.3 is 21.3 Å². The third-order valence-electron chi connectivity index (χ3n) is 3.27. The number of hydrogen-bond donors (Lipinski definition) is 3. The zero-order valence-electron chi connectivity index (χ0n) is 12.7. The molecule has 3 rings (SSSR count). The molecule has 0 saturated carbocycles. The highest BCUT2D eigenvalue weighted by Gasteiger charge is 2.07. The normalized spacial score (nSPS) is 9.78. The van der Waals surface area contributed by atoms with Gasteiger partial charge in [-0.1, -0.05) is 36.4 Å². The molecule has 0 aliphatic rings. The molecule has 0 unspecified atom stereocenters. The van der Waals surface area contributed by atoms with Crippen LogP contribution in [0.4, 0.5) is 5.69 Å². The topological polar surface area (TPSA) is 98.6 Å². The monoisotopic (exact) mass is 310 g/mol. The standard InChI is InChI=1S/C11H9NO2.C7H9NO/c12-11(14)9-5-7-3-1-2-4-8(7)6-10(9)13;1-9-7-5-3-2-4-6(7)8/h1-6,13H,(H2,12,14);2-5H,8H2,1H3. The lowest BCUT2D eigenvalue weighted by molar-refractivity contribution is 0.0998. The van der Waals surface area contributed by atoms with Gasteiger partial charge in [-0.3, -0.25) is 4.79 Å². The summed E-state index contributed by atoms with van der Waals surface area (Å²) in [5, 5.41) is 11.3. The number of fused-ring (bicyclic) bond motifs is 1. The second-order valence-electron chi connectivity index (χ2n) is 4.82. The van der Waals surface area contributed by atoms with E-state index >= 15 is 0 Å². The largest absolute Gasteiger partial charge is 0.507 e. The summed E-state index contributed by atoms with van der Waals surface area (Å²) < 4.78 is 4.92. The minimum absolute atomic E-state index is 0.0730. The van der Waals surface area contributed by atoms with Crippen molar-refractivity contribution in [1.82, 2.24) is 0 Å². The van der Waals surface area contributed by atoms with Crippen LogP contribution < -0.4 is 16.2 Å². The maximum Gasteiger partial charge on any atom is 0.252 e. The molecule has 0 bridgehead atoms. The number of carbonyl (C=O) groups is 1. The van der Waals surface area contributed by atoms with Gasteiger partial charge in [-0.15, -0.1) is 0 Å². The zero-order valence-corrected chi connectivity index (χ0v) is 12.7. The lowest BCUT2D eigenvalue weighted by atomic mass is 10.1. The van der Waals surface area contributed by atoms with Crippen LogP contribution in [0.1, 0.15) is 10.4 Å². The van der Waals surface area contributed by atoms with Crippen LogP contribution >= 0.6 is 0 Å². The molecule has 3 aromatic rings. The zero-order chi connectivity index (χ0) is 16.8. The fourth-order valence-electron chi connectivity index (χ4n) is 2.09. The molecule has 23 heavy (non-hydrogen) atoms. The molecule has 0 aliphatic heterocycles. The van der Waals surface area contributed by atoms with E-state index in [-0.39, 0.29) is 11.3 Å². The fourth-order valence-corrected chi connectivity index (χ4v) is 2.09. The minimum atomic E-state index is -0.617. The van der Waals surface area contributed by atoms with Crippen LogP contribution in [0, 0.1) is 0 Å². The molecule has 0 spiro atoms. The number of amides is 1. The van der Waals surface area contributed by atoms with Gasteiger partial charge in [0.1, 0.15) is 11.5 Å². The van der Waals surface area contributed by atoms with Crippen molar-refractivity contribution in [1.29, 1.82) is 0 Å². The smallest absolute Gasteiger partial charge is 0.252 e. The summed E-state index contributed by atoms with van der Waals surface area (Å²) in [7, 11) is 1.60. The van der Waals surface area contributed by atoms with Gasteiger partial charge in [-0.25, -0.2) is 0 Å². The van der Waals surface area contributed by atoms with E-state index in [2.05, 4.69) is 0 Å². The second-order valence-corrected chi connectivity index (χ2v) is 4.82. The number of hydrogen-bond acceptors (Lipinski definition) is 4. The van der Waals surface area contributed by atoms with E-state index in [0.717, 1.165) is 16.5 Å². The van der Waals surface area contributed by atoms with Crippen molar-refractivity contribution in [3.8, 4) is 11.5 Å². The van der Waals surface area contributed by atoms with Gasteiger partial charge in [-0.05, 0) is 35.0 Å². The summed E-state index contributed by atoms with van der Waals surface area (Å²) in [5.74, 6) is 0.0435. The predicted molar refractivity (Wildman–Crippen MR) is 91.5 cm³/mol. The van der Waals surface area contributed by atoms with Crippen LogP contribution in [-0.4, -0.2) is 18.1 Å². The van der Waals surface area contributed by atoms with Crippen molar-refractivity contribution in [2.75, 3.05) is 12.8 Å². The molecule has 3 aromatic carbocycles. The third kappa shape index (κ3) is 3.91. The molecule has 5 nitrogen and oxygen atoms in total. The van der Waals surface area contributed by atoms with E-state index in [9.17, 15) is 9.90 Å². The molecule has 0 atom stereocenters. The Morgan fingerprint density at radius 3 is 2.09 bits per heavy atom. The average Bonchev–Trinajstić information content (AvgIpc) is 2.55. The Morgan fingerprint density at radius 2 is 1.57 bits per heavy atom. The molecule has 118 valence electrons. The summed E-state index contributed by atoms with van der Waals surface area (Å²) in [4.78, 5) is 10.9. The van der Waals surface area contributed by atoms with E-state index in [1.54, 1.807) is 19.2 Å². The Balaban J connectivity index is 0.000000185. The molecule has 0 saturated heterocycles. The summed E-state index contributed by atoms with van der Waals surface area (Å²) in [6.07, 6.45) is 0. The van der Waals surface area contributed by atoms with Crippen molar-refractivity contribution in [2.45, 2.75) is 0 Å². The van der Waals surface area contributed by atoms with E-state index in [0.29, 0.717) is 5.69 Å². The van der Waals surface area contributed by atoms with Gasteiger partial charge >= 0.3 is 0 Å². The number of aromatic hydroxyl groups is 1. The van der Waals surface area contributed by atoms with Crippen molar-refractivity contribution in [3.63, 3.8) is 0 Å². The van der Waals surface area contributed by atoms with E-state index in [4.69, 9.17) is 16.2 Å². The Hall–Kier alpha value is -3.21. The number of para-hydroxylation sites is 2. The molecule has 0 heterocycles. The second kappa shape index (κ2) is 7.17. The number of methoxy groups -OCH3 is 1. The number of benzene rings is 3. The SMILES string of the molecule is COc1ccccc1N.NC(=O)c1cc2ccccc2cc1O. The van der Waals surface area contributed by atoms with Crippen LogP contribution in [0.5, 0.6) is 11.5 Å². The van der Waals surface area contributed by atoms with Gasteiger partial charge in [0.25, 0.3) is 5.91 Å². The first-order chi connectivity index (χ1) is 11.0. The summed E-state index contributed by atoms with van der Waals surface area (Å²) >= 11 is 0. The lowest BCUT2D eigenvalue weighted by Gasteiger charge is -2.02. The Bertz CT molecular complexity index is 831. The highest BCUT2D eigenvalue weighted by Crippen LogP contribution is 2.24. The Kier molecular flexibility index (Phi) is 5.04. The predicted octanol–water partition coefficient (Wildman–Crippen LogP) is 2.92. The van der Waals surface area contributed by atoms with Gasteiger partial charge in [0.2, 0.25) is 0 Å². The third-order valence-corrected chi connectivity index (χ3v) is 3.27. The number of carbonyl (C=O) groups excluding carboxylic acids is 1. The molecule has 0 radical (unpaired) electrons. The highest BCUT2D eigenvalue weighted by molar-refractivity contribution is 6.00. The minimum Gasteiger partial charge on any atom is -0.507 e. The number of nitrogen functional groups attached to an aromatic ring is 1. The van der Waals surface area contributed by atoms with E-state index in [1.165, 1.54) is 6.07 Å². The maximum absolute atomic E-state index is 10.9. The fraction of sp³-hybridized carbons (Fsp3) is 0.0556. The quantitative estimate of drug-likeness (QED) is 0.634. The van der Waals surface area contributed by atoms with Crippen LogP contribution in [0.25, 0.3) is 10.8 Å². The van der Waals surface area contributed by atoms with Gasteiger partial charge in [-0.2, -0.15) is 0 Å². The molecule has 5 heteroatoms. The average molecular weight is 310 g/mol. The molecule has 0 aliphatic carbocycles. The first-order valence-electron chi connectivity index (χ1n) is 6.93. The number of rotatable bonds is 2. The maximum atomic E-state index is 10.9. The highest BCUT2D eigenvalue weighted by atomic mass is 16.5. The number of ether oxygens (including phenoxy) is 1.